The third kappa shape index (κ3) is 5.37. The van der Waals surface area contributed by atoms with Crippen LogP contribution in [-0.4, -0.2) is 30.2 Å². The second kappa shape index (κ2) is 9.27. The predicted octanol–water partition coefficient (Wildman–Crippen LogP) is 3.59. The van der Waals surface area contributed by atoms with Crippen molar-refractivity contribution in [3.63, 3.8) is 0 Å². The Hall–Kier alpha value is -3.28. The molecule has 0 saturated carbocycles. The van der Waals surface area contributed by atoms with Gasteiger partial charge < -0.3 is 20.1 Å². The van der Waals surface area contributed by atoms with Crippen molar-refractivity contribution < 1.29 is 9.47 Å². The van der Waals surface area contributed by atoms with E-state index in [1.807, 2.05) is 48.5 Å². The molecule has 0 saturated heterocycles. The maximum absolute atomic E-state index is 5.69. The van der Waals surface area contributed by atoms with Crippen LogP contribution < -0.4 is 20.1 Å². The third-order valence-electron chi connectivity index (χ3n) is 3.72. The Morgan fingerprint density at radius 3 is 2.27 bits per heavy atom. The molecule has 6 nitrogen and oxygen atoms in total. The van der Waals surface area contributed by atoms with Crippen LogP contribution in [0.2, 0.25) is 0 Å². The molecule has 3 aromatic rings. The molecule has 1 aromatic heterocycles. The molecule has 26 heavy (non-hydrogen) atoms. The quantitative estimate of drug-likeness (QED) is 0.575. The van der Waals surface area contributed by atoms with E-state index in [9.17, 15) is 0 Å². The number of benzene rings is 2. The van der Waals surface area contributed by atoms with Crippen LogP contribution in [0.25, 0.3) is 0 Å². The number of aromatic nitrogens is 2. The van der Waals surface area contributed by atoms with Crippen molar-refractivity contribution in [1.29, 1.82) is 0 Å². The molecular weight excluding hydrogens is 328 g/mol. The Labute approximate surface area is 153 Å². The highest BCUT2D eigenvalue weighted by Gasteiger charge is 2.00. The molecule has 0 aliphatic heterocycles. The molecule has 0 atom stereocenters. The van der Waals surface area contributed by atoms with Gasteiger partial charge >= 0.3 is 0 Å². The number of ether oxygens (including phenoxy) is 2. The average molecular weight is 350 g/mol. The van der Waals surface area contributed by atoms with Gasteiger partial charge in [-0.15, -0.1) is 0 Å². The van der Waals surface area contributed by atoms with Crippen molar-refractivity contribution in [3.05, 3.63) is 72.6 Å². The molecule has 134 valence electrons. The number of nitrogens with one attached hydrogen (secondary N) is 2. The van der Waals surface area contributed by atoms with E-state index >= 15 is 0 Å². The zero-order valence-electron chi connectivity index (χ0n) is 14.7. The predicted molar refractivity (Wildman–Crippen MR) is 103 cm³/mol. The molecule has 2 aromatic carbocycles. The van der Waals surface area contributed by atoms with E-state index in [-0.39, 0.29) is 0 Å². The Morgan fingerprint density at radius 2 is 1.54 bits per heavy atom. The Morgan fingerprint density at radius 1 is 0.846 bits per heavy atom. The van der Waals surface area contributed by atoms with E-state index in [0.29, 0.717) is 13.2 Å². The second-order valence-corrected chi connectivity index (χ2v) is 5.58. The lowest BCUT2D eigenvalue weighted by molar-refractivity contribution is 0.331. The van der Waals surface area contributed by atoms with Gasteiger partial charge in [-0.05, 0) is 29.8 Å². The van der Waals surface area contributed by atoms with E-state index in [0.717, 1.165) is 29.7 Å². The molecular formula is C20H22N4O2. The largest absolute Gasteiger partial charge is 0.497 e. The number of hydrogen-bond donors (Lipinski definition) is 2. The summed E-state index contributed by atoms with van der Waals surface area (Å²) in [5, 5.41) is 6.53. The summed E-state index contributed by atoms with van der Waals surface area (Å²) < 4.78 is 10.8. The zero-order chi connectivity index (χ0) is 18.0. The van der Waals surface area contributed by atoms with Gasteiger partial charge in [0.25, 0.3) is 0 Å². The minimum atomic E-state index is 0.531. The van der Waals surface area contributed by atoms with Crippen molar-refractivity contribution in [2.24, 2.45) is 0 Å². The number of nitrogens with zero attached hydrogens (tertiary/aromatic N) is 2. The first-order valence-corrected chi connectivity index (χ1v) is 8.44. The molecule has 0 bridgehead atoms. The van der Waals surface area contributed by atoms with Gasteiger partial charge in [0.15, 0.2) is 0 Å². The molecule has 0 spiro atoms. The second-order valence-electron chi connectivity index (χ2n) is 5.58. The number of anilines is 2. The maximum Gasteiger partial charge on any atom is 0.131 e. The molecule has 1 heterocycles. The highest BCUT2D eigenvalue weighted by molar-refractivity contribution is 5.46. The summed E-state index contributed by atoms with van der Waals surface area (Å²) in [4.78, 5) is 8.47. The van der Waals surface area contributed by atoms with Gasteiger partial charge in [-0.25, -0.2) is 9.97 Å². The van der Waals surface area contributed by atoms with Crippen molar-refractivity contribution in [2.45, 2.75) is 6.54 Å². The smallest absolute Gasteiger partial charge is 0.131 e. The molecule has 0 radical (unpaired) electrons. The SMILES string of the molecule is COc1ccc(OCCNc2cc(NCc3ccccc3)ncn2)cc1. The first-order valence-electron chi connectivity index (χ1n) is 8.44. The molecule has 0 fully saturated rings. The molecule has 2 N–H and O–H groups in total. The molecule has 0 amide bonds. The summed E-state index contributed by atoms with van der Waals surface area (Å²) in [5.74, 6) is 3.16. The monoisotopic (exact) mass is 350 g/mol. The fraction of sp³-hybridized carbons (Fsp3) is 0.200. The first-order chi connectivity index (χ1) is 12.8. The van der Waals surface area contributed by atoms with Gasteiger partial charge in [0.1, 0.15) is 36.1 Å². The van der Waals surface area contributed by atoms with Gasteiger partial charge in [0, 0.05) is 12.6 Å². The summed E-state index contributed by atoms with van der Waals surface area (Å²) in [5.41, 5.74) is 1.20. The van der Waals surface area contributed by atoms with Crippen molar-refractivity contribution in [3.8, 4) is 11.5 Å². The minimum absolute atomic E-state index is 0.531. The lowest BCUT2D eigenvalue weighted by atomic mass is 10.2. The standard InChI is InChI=1S/C20H22N4O2/c1-25-17-7-9-18(10-8-17)26-12-11-21-19-13-20(24-15-23-19)22-14-16-5-3-2-4-6-16/h2-10,13,15H,11-12,14H2,1H3,(H2,21,22,23,24). The average Bonchev–Trinajstić information content (AvgIpc) is 2.71. The Kier molecular flexibility index (Phi) is 6.25. The summed E-state index contributed by atoms with van der Waals surface area (Å²) in [7, 11) is 1.64. The van der Waals surface area contributed by atoms with E-state index in [1.54, 1.807) is 13.4 Å². The Balaban J connectivity index is 1.43. The fourth-order valence-corrected chi connectivity index (χ4v) is 2.36. The highest BCUT2D eigenvalue weighted by atomic mass is 16.5. The van der Waals surface area contributed by atoms with E-state index in [4.69, 9.17) is 9.47 Å². The zero-order valence-corrected chi connectivity index (χ0v) is 14.7. The van der Waals surface area contributed by atoms with Gasteiger partial charge in [-0.1, -0.05) is 30.3 Å². The fourth-order valence-electron chi connectivity index (χ4n) is 2.36. The van der Waals surface area contributed by atoms with Gasteiger partial charge in [-0.2, -0.15) is 0 Å². The summed E-state index contributed by atoms with van der Waals surface area (Å²) >= 11 is 0. The minimum Gasteiger partial charge on any atom is -0.497 e. The van der Waals surface area contributed by atoms with E-state index in [2.05, 4.69) is 32.7 Å². The van der Waals surface area contributed by atoms with Gasteiger partial charge in [0.2, 0.25) is 0 Å². The molecule has 0 aliphatic rings. The summed E-state index contributed by atoms with van der Waals surface area (Å²) in [6.45, 7) is 1.89. The number of hydrogen-bond acceptors (Lipinski definition) is 6. The van der Waals surface area contributed by atoms with Crippen molar-refractivity contribution >= 4 is 11.6 Å². The van der Waals surface area contributed by atoms with Crippen molar-refractivity contribution in [2.75, 3.05) is 30.9 Å². The molecule has 0 aliphatic carbocycles. The van der Waals surface area contributed by atoms with Gasteiger partial charge in [-0.3, -0.25) is 0 Å². The topological polar surface area (TPSA) is 68.3 Å². The number of rotatable bonds is 9. The Bertz CT molecular complexity index is 794. The summed E-state index contributed by atoms with van der Waals surface area (Å²) in [6, 6.07) is 19.6. The maximum atomic E-state index is 5.69. The molecule has 3 rings (SSSR count). The first kappa shape index (κ1) is 17.5. The lowest BCUT2D eigenvalue weighted by Crippen LogP contribution is -2.13. The normalized spacial score (nSPS) is 10.2. The van der Waals surface area contributed by atoms with Crippen molar-refractivity contribution in [1.82, 2.24) is 9.97 Å². The van der Waals surface area contributed by atoms with Crippen LogP contribution in [0.1, 0.15) is 5.56 Å². The van der Waals surface area contributed by atoms with Crippen LogP contribution in [0.4, 0.5) is 11.6 Å². The highest BCUT2D eigenvalue weighted by Crippen LogP contribution is 2.17. The van der Waals surface area contributed by atoms with Crippen LogP contribution in [0.15, 0.2) is 67.0 Å². The van der Waals surface area contributed by atoms with E-state index in [1.165, 1.54) is 5.56 Å². The van der Waals surface area contributed by atoms with Crippen LogP contribution in [0.5, 0.6) is 11.5 Å². The van der Waals surface area contributed by atoms with Gasteiger partial charge in [0.05, 0.1) is 13.7 Å². The van der Waals surface area contributed by atoms with Crippen LogP contribution in [0.3, 0.4) is 0 Å². The van der Waals surface area contributed by atoms with Crippen LogP contribution in [-0.2, 0) is 6.54 Å². The molecule has 6 heteroatoms. The molecule has 0 unspecified atom stereocenters. The number of methoxy groups -OCH3 is 1. The summed E-state index contributed by atoms with van der Waals surface area (Å²) in [6.07, 6.45) is 1.54. The lowest BCUT2D eigenvalue weighted by Gasteiger charge is -2.10. The van der Waals surface area contributed by atoms with Crippen LogP contribution >= 0.6 is 0 Å². The van der Waals surface area contributed by atoms with E-state index < -0.39 is 0 Å². The van der Waals surface area contributed by atoms with Crippen LogP contribution in [0, 0.1) is 0 Å². The third-order valence-corrected chi connectivity index (χ3v) is 3.72.